The van der Waals surface area contributed by atoms with E-state index in [9.17, 15) is 35.1 Å². The minimum Gasteiger partial charge on any atom is -0.398 e. The van der Waals surface area contributed by atoms with Crippen molar-refractivity contribution >= 4 is 5.69 Å². The molecule has 0 radical (unpaired) electrons. The largest absolute Gasteiger partial charge is 0.574 e. The van der Waals surface area contributed by atoms with Gasteiger partial charge in [0.1, 0.15) is 5.56 Å². The molecule has 0 spiro atoms. The number of halogens is 8. The van der Waals surface area contributed by atoms with Crippen LogP contribution < -0.4 is 10.5 Å². The molecule has 1 aromatic heterocycles. The van der Waals surface area contributed by atoms with Gasteiger partial charge in [-0.25, -0.2) is 13.8 Å². The number of nitrogens with zero attached hydrogens (tertiary/aromatic N) is 1. The van der Waals surface area contributed by atoms with Crippen LogP contribution in [0.4, 0.5) is 40.8 Å². The minimum absolute atomic E-state index is 0.109. The summed E-state index contributed by atoms with van der Waals surface area (Å²) in [6, 6.07) is 0. The highest BCUT2D eigenvalue weighted by atomic mass is 19.4. The van der Waals surface area contributed by atoms with E-state index in [2.05, 4.69) is 9.72 Å². The van der Waals surface area contributed by atoms with Gasteiger partial charge in [-0.15, -0.1) is 13.2 Å². The van der Waals surface area contributed by atoms with E-state index in [1.54, 1.807) is 0 Å². The van der Waals surface area contributed by atoms with Crippen LogP contribution in [0.25, 0.3) is 0 Å². The van der Waals surface area contributed by atoms with Crippen LogP contribution in [-0.4, -0.2) is 11.3 Å². The van der Waals surface area contributed by atoms with Gasteiger partial charge in [0.05, 0.1) is 11.3 Å². The van der Waals surface area contributed by atoms with E-state index in [1.165, 1.54) is 0 Å². The molecule has 108 valence electrons. The Morgan fingerprint density at radius 3 is 2.00 bits per heavy atom. The molecule has 0 atom stereocenters. The molecule has 0 aliphatic rings. The molecule has 1 rings (SSSR count). The van der Waals surface area contributed by atoms with E-state index in [0.29, 0.717) is 0 Å². The Balaban J connectivity index is 3.41. The molecule has 19 heavy (non-hydrogen) atoms. The van der Waals surface area contributed by atoms with E-state index in [0.717, 1.165) is 0 Å². The van der Waals surface area contributed by atoms with Crippen molar-refractivity contribution in [1.29, 1.82) is 0 Å². The average molecular weight is 296 g/mol. The molecule has 3 nitrogen and oxygen atoms in total. The van der Waals surface area contributed by atoms with E-state index in [1.807, 2.05) is 0 Å². The van der Waals surface area contributed by atoms with Crippen LogP contribution in [-0.2, 0) is 6.18 Å². The van der Waals surface area contributed by atoms with Crippen molar-refractivity contribution in [2.24, 2.45) is 0 Å². The SMILES string of the molecule is Nc1c(C(F)(F)F)cnc(OC(F)(F)F)c1C(F)F. The zero-order chi connectivity index (χ0) is 15.0. The number of rotatable bonds is 2. The van der Waals surface area contributed by atoms with Crippen molar-refractivity contribution in [1.82, 2.24) is 4.98 Å². The van der Waals surface area contributed by atoms with Crippen LogP contribution in [0, 0.1) is 0 Å². The number of alkyl halides is 8. The summed E-state index contributed by atoms with van der Waals surface area (Å²) >= 11 is 0. The summed E-state index contributed by atoms with van der Waals surface area (Å²) in [6.07, 6.45) is -14.3. The predicted octanol–water partition coefficient (Wildman–Crippen LogP) is 3.52. The molecular formula is C8H4F8N2O. The average Bonchev–Trinajstić information content (AvgIpc) is 2.11. The second-order valence-corrected chi connectivity index (χ2v) is 3.15. The first kappa shape index (κ1) is 15.2. The Hall–Kier alpha value is -1.81. The second kappa shape index (κ2) is 4.70. The number of anilines is 1. The van der Waals surface area contributed by atoms with Gasteiger partial charge in [-0.1, -0.05) is 0 Å². The van der Waals surface area contributed by atoms with E-state index < -0.39 is 41.7 Å². The topological polar surface area (TPSA) is 48.1 Å². The summed E-state index contributed by atoms with van der Waals surface area (Å²) in [5.74, 6) is -1.71. The third kappa shape index (κ3) is 3.58. The van der Waals surface area contributed by atoms with Gasteiger partial charge in [-0.05, 0) is 0 Å². The molecule has 0 aliphatic carbocycles. The number of nitrogen functional groups attached to an aromatic ring is 1. The molecule has 0 saturated carbocycles. The first-order valence-corrected chi connectivity index (χ1v) is 4.33. The van der Waals surface area contributed by atoms with E-state index >= 15 is 0 Å². The number of hydrogen-bond donors (Lipinski definition) is 1. The van der Waals surface area contributed by atoms with Gasteiger partial charge >= 0.3 is 12.5 Å². The molecule has 2 N–H and O–H groups in total. The number of pyridine rings is 1. The quantitative estimate of drug-likeness (QED) is 0.849. The number of ether oxygens (including phenoxy) is 1. The summed E-state index contributed by atoms with van der Waals surface area (Å²) in [6.45, 7) is 0. The smallest absolute Gasteiger partial charge is 0.398 e. The monoisotopic (exact) mass is 296 g/mol. The van der Waals surface area contributed by atoms with Crippen molar-refractivity contribution in [3.05, 3.63) is 17.3 Å². The standard InChI is InChI=1S/C8H4F8N2O/c9-5(10)3-4(17)2(7(11,12)13)1-18-6(3)19-8(14,15)16/h1,5H,(H2,17,18). The molecule has 0 amide bonds. The summed E-state index contributed by atoms with van der Waals surface area (Å²) in [4.78, 5) is 2.59. The van der Waals surface area contributed by atoms with E-state index in [-0.39, 0.29) is 6.20 Å². The number of hydrogen-bond acceptors (Lipinski definition) is 3. The predicted molar refractivity (Wildman–Crippen MR) is 45.3 cm³/mol. The Kier molecular flexibility index (Phi) is 3.77. The van der Waals surface area contributed by atoms with E-state index in [4.69, 9.17) is 5.73 Å². The lowest BCUT2D eigenvalue weighted by Crippen LogP contribution is -2.21. The zero-order valence-electron chi connectivity index (χ0n) is 8.61. The van der Waals surface area contributed by atoms with Gasteiger partial charge < -0.3 is 10.5 Å². The molecule has 1 heterocycles. The molecule has 0 saturated heterocycles. The maximum Gasteiger partial charge on any atom is 0.574 e. The molecule has 0 bridgehead atoms. The lowest BCUT2D eigenvalue weighted by Gasteiger charge is -2.17. The molecular weight excluding hydrogens is 292 g/mol. The Morgan fingerprint density at radius 1 is 1.11 bits per heavy atom. The van der Waals surface area contributed by atoms with Crippen LogP contribution in [0.1, 0.15) is 17.6 Å². The van der Waals surface area contributed by atoms with Crippen molar-refractivity contribution in [3.8, 4) is 5.88 Å². The molecule has 0 fully saturated rings. The summed E-state index contributed by atoms with van der Waals surface area (Å²) in [5, 5.41) is 0. The zero-order valence-corrected chi connectivity index (χ0v) is 8.61. The van der Waals surface area contributed by atoms with Crippen LogP contribution in [0.5, 0.6) is 5.88 Å². The second-order valence-electron chi connectivity index (χ2n) is 3.15. The third-order valence-electron chi connectivity index (χ3n) is 1.86. The molecule has 0 aliphatic heterocycles. The van der Waals surface area contributed by atoms with Gasteiger partial charge in [0.2, 0.25) is 5.88 Å². The fraction of sp³-hybridized carbons (Fsp3) is 0.375. The Labute approximate surface area is 99.5 Å². The molecule has 1 aromatic rings. The summed E-state index contributed by atoms with van der Waals surface area (Å²) < 4.78 is 101. The van der Waals surface area contributed by atoms with Crippen molar-refractivity contribution in [3.63, 3.8) is 0 Å². The Morgan fingerprint density at radius 2 is 1.63 bits per heavy atom. The van der Waals surface area contributed by atoms with Crippen LogP contribution in [0.15, 0.2) is 6.20 Å². The molecule has 11 heteroatoms. The Bertz CT molecular complexity index is 467. The minimum atomic E-state index is -5.39. The third-order valence-corrected chi connectivity index (χ3v) is 1.86. The maximum absolute atomic E-state index is 12.5. The lowest BCUT2D eigenvalue weighted by molar-refractivity contribution is -0.276. The molecule has 0 unspecified atom stereocenters. The number of nitrogens with two attached hydrogens (primary N) is 1. The highest BCUT2D eigenvalue weighted by Gasteiger charge is 2.40. The molecule has 0 aromatic carbocycles. The number of aromatic nitrogens is 1. The van der Waals surface area contributed by atoms with Crippen LogP contribution >= 0.6 is 0 Å². The van der Waals surface area contributed by atoms with Crippen molar-refractivity contribution in [2.75, 3.05) is 5.73 Å². The maximum atomic E-state index is 12.5. The normalized spacial score (nSPS) is 12.9. The van der Waals surface area contributed by atoms with Crippen molar-refractivity contribution < 1.29 is 39.9 Å². The fourth-order valence-electron chi connectivity index (χ4n) is 1.15. The van der Waals surface area contributed by atoms with Gasteiger partial charge in [-0.2, -0.15) is 13.2 Å². The first-order valence-electron chi connectivity index (χ1n) is 4.33. The van der Waals surface area contributed by atoms with Crippen LogP contribution in [0.3, 0.4) is 0 Å². The van der Waals surface area contributed by atoms with Gasteiger partial charge in [0, 0.05) is 6.20 Å². The van der Waals surface area contributed by atoms with Gasteiger partial charge in [0.25, 0.3) is 6.43 Å². The highest BCUT2D eigenvalue weighted by molar-refractivity contribution is 5.58. The fourth-order valence-corrected chi connectivity index (χ4v) is 1.15. The summed E-state index contributed by atoms with van der Waals surface area (Å²) in [5.41, 5.74) is -0.279. The van der Waals surface area contributed by atoms with Gasteiger partial charge in [-0.3, -0.25) is 0 Å². The first-order chi connectivity index (χ1) is 8.43. The van der Waals surface area contributed by atoms with Crippen LogP contribution in [0.2, 0.25) is 0 Å². The van der Waals surface area contributed by atoms with Crippen molar-refractivity contribution in [2.45, 2.75) is 19.0 Å². The highest BCUT2D eigenvalue weighted by Crippen LogP contribution is 2.42. The lowest BCUT2D eigenvalue weighted by atomic mass is 10.1. The summed E-state index contributed by atoms with van der Waals surface area (Å²) in [7, 11) is 0. The van der Waals surface area contributed by atoms with Gasteiger partial charge in [0.15, 0.2) is 0 Å².